The molecule has 2 amide bonds. The molecule has 2 aliphatic heterocycles. The van der Waals surface area contributed by atoms with Crippen LogP contribution >= 0.6 is 0 Å². The Morgan fingerprint density at radius 2 is 1.54 bits per heavy atom. The van der Waals surface area contributed by atoms with Crippen LogP contribution in [0.25, 0.3) is 11.1 Å². The van der Waals surface area contributed by atoms with E-state index < -0.39 is 6.29 Å². The van der Waals surface area contributed by atoms with Gasteiger partial charge >= 0.3 is 0 Å². The number of carbonyl (C=O) groups excluding carboxylic acids is 2. The zero-order valence-electron chi connectivity index (χ0n) is 28.3. The molecule has 0 unspecified atom stereocenters. The third kappa shape index (κ3) is 9.77. The smallest absolute Gasteiger partial charge is 0.224 e. The van der Waals surface area contributed by atoms with Crippen LogP contribution in [0, 0.1) is 0 Å². The van der Waals surface area contributed by atoms with Gasteiger partial charge in [-0.2, -0.15) is 0 Å². The second-order valence-corrected chi connectivity index (χ2v) is 12.9. The van der Waals surface area contributed by atoms with Crippen molar-refractivity contribution in [1.82, 2.24) is 10.2 Å². The van der Waals surface area contributed by atoms with Gasteiger partial charge in [0, 0.05) is 51.0 Å². The van der Waals surface area contributed by atoms with Crippen LogP contribution in [0.15, 0.2) is 97.1 Å². The van der Waals surface area contributed by atoms with Crippen LogP contribution in [-0.2, 0) is 37.0 Å². The number of amides is 2. The molecule has 6 rings (SSSR count). The number of nitrogens with one attached hydrogen (secondary N) is 2. The average molecular weight is 679 g/mol. The molecule has 0 saturated carbocycles. The van der Waals surface area contributed by atoms with E-state index in [4.69, 9.17) is 19.9 Å². The van der Waals surface area contributed by atoms with Crippen molar-refractivity contribution in [3.63, 3.8) is 0 Å². The van der Waals surface area contributed by atoms with Crippen LogP contribution in [0.3, 0.4) is 0 Å². The summed E-state index contributed by atoms with van der Waals surface area (Å²) in [5.74, 6) is -0.272. The standard InChI is InChI=1S/C40H46N4O6/c41-35-7-1-2-8-36(35)43-39(47)10-4-9-38(46)42-25-29-5-3-6-33(23-29)30-15-17-32(18-16-30)40-49-34(26-44-19-21-48-22-20-44)24-37(50-40)31-13-11-28(27-45)12-14-31/h1-3,5-8,11-18,23,34,37,40,45H,4,9-10,19-22,24-27,41H2,(H,42,46)(H,43,47)/t34-,37+,40+/m0/s1. The van der Waals surface area contributed by atoms with Crippen LogP contribution in [0.2, 0.25) is 0 Å². The zero-order valence-corrected chi connectivity index (χ0v) is 28.3. The second-order valence-electron chi connectivity index (χ2n) is 12.9. The SMILES string of the molecule is Nc1ccccc1NC(=O)CCCC(=O)NCc1cccc(-c2ccc([C@@H]3O[C@H](CN4CCOCC4)C[C@H](c4ccc(CO)cc4)O3)cc2)c1. The molecule has 3 atom stereocenters. The topological polar surface area (TPSA) is 135 Å². The number of para-hydroxylation sites is 2. The number of carbonyl (C=O) groups is 2. The lowest BCUT2D eigenvalue weighted by molar-refractivity contribution is -0.253. The highest BCUT2D eigenvalue weighted by Gasteiger charge is 2.33. The predicted octanol–water partition coefficient (Wildman–Crippen LogP) is 5.73. The number of benzene rings is 4. The number of aliphatic hydroxyl groups is 1. The normalized spacial score (nSPS) is 19.5. The van der Waals surface area contributed by atoms with Crippen molar-refractivity contribution < 1.29 is 28.9 Å². The lowest BCUT2D eigenvalue weighted by Gasteiger charge is -2.39. The van der Waals surface area contributed by atoms with E-state index in [1.54, 1.807) is 12.1 Å². The Kier molecular flexibility index (Phi) is 12.3. The molecule has 2 heterocycles. The summed E-state index contributed by atoms with van der Waals surface area (Å²) in [5.41, 5.74) is 12.9. The number of ether oxygens (including phenoxy) is 3. The quantitative estimate of drug-likeness (QED) is 0.132. The van der Waals surface area contributed by atoms with Gasteiger partial charge in [0.1, 0.15) is 0 Å². The number of hydrogen-bond acceptors (Lipinski definition) is 8. The zero-order chi connectivity index (χ0) is 34.7. The monoisotopic (exact) mass is 678 g/mol. The summed E-state index contributed by atoms with van der Waals surface area (Å²) in [7, 11) is 0. The first-order chi connectivity index (χ1) is 24.4. The van der Waals surface area contributed by atoms with Crippen molar-refractivity contribution in [2.24, 2.45) is 0 Å². The lowest BCUT2D eigenvalue weighted by atomic mass is 9.99. The summed E-state index contributed by atoms with van der Waals surface area (Å²) in [6.45, 7) is 4.47. The summed E-state index contributed by atoms with van der Waals surface area (Å²) >= 11 is 0. The van der Waals surface area contributed by atoms with Gasteiger partial charge in [-0.1, -0.05) is 78.9 Å². The molecule has 2 aliphatic rings. The lowest BCUT2D eigenvalue weighted by Crippen LogP contribution is -2.44. The number of morpholine rings is 1. The highest BCUT2D eigenvalue weighted by Crippen LogP contribution is 2.38. The molecule has 4 aromatic rings. The number of rotatable bonds is 13. The maximum atomic E-state index is 12.5. The van der Waals surface area contributed by atoms with Gasteiger partial charge in [0.05, 0.1) is 43.4 Å². The molecule has 0 aromatic heterocycles. The van der Waals surface area contributed by atoms with E-state index in [1.807, 2.05) is 48.5 Å². The maximum Gasteiger partial charge on any atom is 0.224 e. The summed E-state index contributed by atoms with van der Waals surface area (Å²) in [6.07, 6.45) is 1.01. The van der Waals surface area contributed by atoms with Gasteiger partial charge in [0.25, 0.3) is 0 Å². The van der Waals surface area contributed by atoms with Crippen molar-refractivity contribution in [3.05, 3.63) is 119 Å². The minimum Gasteiger partial charge on any atom is -0.397 e. The van der Waals surface area contributed by atoms with Crippen LogP contribution in [-0.4, -0.2) is 60.8 Å². The van der Waals surface area contributed by atoms with E-state index in [2.05, 4.69) is 51.9 Å². The van der Waals surface area contributed by atoms with Crippen LogP contribution in [0.5, 0.6) is 0 Å². The van der Waals surface area contributed by atoms with E-state index >= 15 is 0 Å². The van der Waals surface area contributed by atoms with E-state index in [0.29, 0.717) is 24.3 Å². The van der Waals surface area contributed by atoms with E-state index in [1.165, 1.54) is 0 Å². The molecular formula is C40H46N4O6. The van der Waals surface area contributed by atoms with Gasteiger partial charge in [-0.3, -0.25) is 14.5 Å². The summed E-state index contributed by atoms with van der Waals surface area (Å²) in [6, 6.07) is 31.4. The minimum atomic E-state index is -0.518. The molecule has 0 aliphatic carbocycles. The molecule has 4 aromatic carbocycles. The van der Waals surface area contributed by atoms with E-state index in [-0.39, 0.29) is 43.5 Å². The van der Waals surface area contributed by atoms with Gasteiger partial charge in [-0.15, -0.1) is 0 Å². The van der Waals surface area contributed by atoms with Crippen molar-refractivity contribution in [2.45, 2.75) is 57.3 Å². The predicted molar refractivity (Wildman–Crippen MR) is 193 cm³/mol. The first kappa shape index (κ1) is 35.3. The van der Waals surface area contributed by atoms with Gasteiger partial charge in [-0.05, 0) is 52.4 Å². The van der Waals surface area contributed by atoms with Crippen LogP contribution in [0.1, 0.15) is 60.3 Å². The molecule has 10 heteroatoms. The van der Waals surface area contributed by atoms with Crippen molar-refractivity contribution >= 4 is 23.2 Å². The number of anilines is 2. The Labute approximate surface area is 293 Å². The van der Waals surface area contributed by atoms with Crippen molar-refractivity contribution in [2.75, 3.05) is 43.9 Å². The summed E-state index contributed by atoms with van der Waals surface area (Å²) in [5, 5.41) is 15.3. The molecule has 262 valence electrons. The van der Waals surface area contributed by atoms with Crippen LogP contribution < -0.4 is 16.4 Å². The molecule has 0 spiro atoms. The van der Waals surface area contributed by atoms with Crippen molar-refractivity contribution in [1.29, 1.82) is 0 Å². The number of nitrogen functional groups attached to an aromatic ring is 1. The molecule has 5 N–H and O–H groups in total. The Bertz CT molecular complexity index is 1710. The Morgan fingerprint density at radius 1 is 0.800 bits per heavy atom. The fourth-order valence-electron chi connectivity index (χ4n) is 6.32. The number of hydrogen-bond donors (Lipinski definition) is 4. The van der Waals surface area contributed by atoms with Crippen molar-refractivity contribution in [3.8, 4) is 11.1 Å². The molecular weight excluding hydrogens is 632 g/mol. The van der Waals surface area contributed by atoms with Gasteiger partial charge < -0.3 is 35.7 Å². The number of aliphatic hydroxyl groups excluding tert-OH is 1. The van der Waals surface area contributed by atoms with Crippen LogP contribution in [0.4, 0.5) is 11.4 Å². The molecule has 2 saturated heterocycles. The molecule has 0 bridgehead atoms. The first-order valence-corrected chi connectivity index (χ1v) is 17.3. The highest BCUT2D eigenvalue weighted by molar-refractivity contribution is 5.94. The number of nitrogens with two attached hydrogens (primary N) is 1. The fraction of sp³-hybridized carbons (Fsp3) is 0.350. The Balaban J connectivity index is 1.03. The fourth-order valence-corrected chi connectivity index (χ4v) is 6.32. The van der Waals surface area contributed by atoms with Gasteiger partial charge in [0.2, 0.25) is 11.8 Å². The second kappa shape index (κ2) is 17.4. The average Bonchev–Trinajstić information content (AvgIpc) is 3.15. The van der Waals surface area contributed by atoms with E-state index in [9.17, 15) is 14.7 Å². The number of nitrogens with zero attached hydrogens (tertiary/aromatic N) is 1. The Hall–Kier alpha value is -4.58. The first-order valence-electron chi connectivity index (χ1n) is 17.3. The molecule has 2 fully saturated rings. The Morgan fingerprint density at radius 3 is 2.30 bits per heavy atom. The third-order valence-electron chi connectivity index (χ3n) is 9.16. The largest absolute Gasteiger partial charge is 0.397 e. The third-order valence-corrected chi connectivity index (χ3v) is 9.16. The molecule has 50 heavy (non-hydrogen) atoms. The summed E-state index contributed by atoms with van der Waals surface area (Å²) < 4.78 is 18.6. The molecule has 0 radical (unpaired) electrons. The minimum absolute atomic E-state index is 0.00764. The van der Waals surface area contributed by atoms with Gasteiger partial charge in [-0.25, -0.2) is 0 Å². The van der Waals surface area contributed by atoms with E-state index in [0.717, 1.165) is 72.6 Å². The maximum absolute atomic E-state index is 12.5. The highest BCUT2D eigenvalue weighted by atomic mass is 16.7. The van der Waals surface area contributed by atoms with Gasteiger partial charge in [0.15, 0.2) is 6.29 Å². The summed E-state index contributed by atoms with van der Waals surface area (Å²) in [4.78, 5) is 27.2. The molecule has 10 nitrogen and oxygen atoms in total.